The monoisotopic (exact) mass is 416 g/mol. The minimum Gasteiger partial charge on any atom is -0.337 e. The van der Waals surface area contributed by atoms with Gasteiger partial charge in [0.2, 0.25) is 0 Å². The van der Waals surface area contributed by atoms with Crippen LogP contribution < -0.4 is 4.90 Å². The maximum Gasteiger partial charge on any atom is 0.252 e. The van der Waals surface area contributed by atoms with Gasteiger partial charge in [-0.15, -0.1) is 0 Å². The summed E-state index contributed by atoms with van der Waals surface area (Å²) in [7, 11) is 0. The van der Waals surface area contributed by atoms with E-state index in [2.05, 4.69) is 31.0 Å². The van der Waals surface area contributed by atoms with Gasteiger partial charge in [0.25, 0.3) is 5.91 Å². The number of aromatic nitrogens is 3. The summed E-state index contributed by atoms with van der Waals surface area (Å²) in [5, 5.41) is 0.746. The Morgan fingerprint density at radius 3 is 2.67 bits per heavy atom. The molecular formula is C24H24N4OS. The zero-order valence-corrected chi connectivity index (χ0v) is 18.0. The molecule has 0 N–H and O–H groups in total. The van der Waals surface area contributed by atoms with E-state index in [1.807, 2.05) is 47.2 Å². The predicted molar refractivity (Wildman–Crippen MR) is 124 cm³/mol. The SMILES string of the molecule is Cc1ccc(C)c2sc(N(CCCn3ccnc3)C(=O)/C=C/c3ccccc3)nc12. The molecule has 0 aliphatic carbocycles. The molecule has 1 amide bonds. The van der Waals surface area contributed by atoms with Gasteiger partial charge in [0.15, 0.2) is 5.13 Å². The Morgan fingerprint density at radius 2 is 1.93 bits per heavy atom. The van der Waals surface area contributed by atoms with Crippen molar-refractivity contribution in [2.24, 2.45) is 0 Å². The van der Waals surface area contributed by atoms with E-state index in [0.29, 0.717) is 6.54 Å². The van der Waals surface area contributed by atoms with Gasteiger partial charge in [0, 0.05) is 31.6 Å². The minimum atomic E-state index is -0.0566. The highest BCUT2D eigenvalue weighted by molar-refractivity contribution is 7.22. The second kappa shape index (κ2) is 9.05. The maximum atomic E-state index is 13.1. The largest absolute Gasteiger partial charge is 0.337 e. The molecule has 0 spiro atoms. The van der Waals surface area contributed by atoms with Gasteiger partial charge in [-0.2, -0.15) is 0 Å². The topological polar surface area (TPSA) is 51.0 Å². The van der Waals surface area contributed by atoms with Crippen molar-refractivity contribution in [2.45, 2.75) is 26.8 Å². The van der Waals surface area contributed by atoms with Gasteiger partial charge in [-0.3, -0.25) is 9.69 Å². The fourth-order valence-corrected chi connectivity index (χ4v) is 4.46. The lowest BCUT2D eigenvalue weighted by Crippen LogP contribution is -2.30. The summed E-state index contributed by atoms with van der Waals surface area (Å²) < 4.78 is 3.17. The van der Waals surface area contributed by atoms with Crippen molar-refractivity contribution in [3.05, 3.63) is 84.0 Å². The van der Waals surface area contributed by atoms with Crippen LogP contribution in [-0.4, -0.2) is 27.0 Å². The molecule has 0 saturated carbocycles. The number of anilines is 1. The maximum absolute atomic E-state index is 13.1. The summed E-state index contributed by atoms with van der Waals surface area (Å²) in [6, 6.07) is 14.1. The average molecular weight is 417 g/mol. The van der Waals surface area contributed by atoms with Gasteiger partial charge in [-0.05, 0) is 43.0 Å². The van der Waals surface area contributed by atoms with Crippen molar-refractivity contribution >= 4 is 38.7 Å². The quantitative estimate of drug-likeness (QED) is 0.387. The summed E-state index contributed by atoms with van der Waals surface area (Å²) in [5.74, 6) is -0.0566. The summed E-state index contributed by atoms with van der Waals surface area (Å²) in [6.45, 7) is 5.54. The number of nitrogens with zero attached hydrogens (tertiary/aromatic N) is 4. The third kappa shape index (κ3) is 4.49. The first-order valence-electron chi connectivity index (χ1n) is 9.99. The van der Waals surface area contributed by atoms with Crippen LogP contribution in [0.3, 0.4) is 0 Å². The molecule has 0 atom stereocenters. The zero-order valence-electron chi connectivity index (χ0n) is 17.2. The van der Waals surface area contributed by atoms with E-state index >= 15 is 0 Å². The van der Waals surface area contributed by atoms with Crippen LogP contribution in [0, 0.1) is 13.8 Å². The molecule has 4 aromatic rings. The summed E-state index contributed by atoms with van der Waals surface area (Å²) in [5.41, 5.74) is 4.29. The highest BCUT2D eigenvalue weighted by Gasteiger charge is 2.19. The lowest BCUT2D eigenvalue weighted by molar-refractivity contribution is -0.114. The molecule has 5 nitrogen and oxygen atoms in total. The third-order valence-corrected chi connectivity index (χ3v) is 6.22. The van der Waals surface area contributed by atoms with Gasteiger partial charge in [0.1, 0.15) is 0 Å². The number of amides is 1. The van der Waals surface area contributed by atoms with Crippen molar-refractivity contribution in [3.8, 4) is 0 Å². The Labute approximate surface area is 180 Å². The molecule has 2 heterocycles. The van der Waals surface area contributed by atoms with Gasteiger partial charge >= 0.3 is 0 Å². The Balaban J connectivity index is 1.61. The van der Waals surface area contributed by atoms with Crippen LogP contribution in [0.15, 0.2) is 67.3 Å². The van der Waals surface area contributed by atoms with E-state index in [9.17, 15) is 4.79 Å². The number of thiazole rings is 1. The molecule has 0 fully saturated rings. The van der Waals surface area contributed by atoms with Crippen LogP contribution >= 0.6 is 11.3 Å². The standard InChI is InChI=1S/C24H24N4OS/c1-18-9-10-19(2)23-22(18)26-24(30-23)28(15-6-14-27-16-13-25-17-27)21(29)12-11-20-7-4-3-5-8-20/h3-5,7-13,16-17H,6,14-15H2,1-2H3/b12-11+. The first-order chi connectivity index (χ1) is 14.6. The summed E-state index contributed by atoms with van der Waals surface area (Å²) in [4.78, 5) is 23.9. The fraction of sp³-hybridized carbons (Fsp3) is 0.208. The van der Waals surface area contributed by atoms with Crippen LogP contribution in [0.2, 0.25) is 0 Å². The van der Waals surface area contributed by atoms with E-state index in [1.165, 1.54) is 5.56 Å². The van der Waals surface area contributed by atoms with Crippen LogP contribution in [0.5, 0.6) is 0 Å². The number of hydrogen-bond acceptors (Lipinski definition) is 4. The van der Waals surface area contributed by atoms with Crippen molar-refractivity contribution in [1.82, 2.24) is 14.5 Å². The van der Waals surface area contributed by atoms with Gasteiger partial charge in [-0.1, -0.05) is 53.8 Å². The van der Waals surface area contributed by atoms with Crippen molar-refractivity contribution in [1.29, 1.82) is 0 Å². The number of aryl methyl sites for hydroxylation is 3. The van der Waals surface area contributed by atoms with E-state index in [0.717, 1.165) is 39.4 Å². The number of imidazole rings is 1. The third-order valence-electron chi connectivity index (χ3n) is 5.00. The Hall–Kier alpha value is -3.25. The highest BCUT2D eigenvalue weighted by atomic mass is 32.1. The Kier molecular flexibility index (Phi) is 6.05. The zero-order chi connectivity index (χ0) is 20.9. The number of rotatable bonds is 7. The molecule has 30 heavy (non-hydrogen) atoms. The molecule has 0 radical (unpaired) electrons. The summed E-state index contributed by atoms with van der Waals surface area (Å²) in [6.07, 6.45) is 9.81. The number of carbonyl (C=O) groups excluding carboxylic acids is 1. The van der Waals surface area contributed by atoms with E-state index < -0.39 is 0 Å². The Bertz CT molecular complexity index is 1120. The number of hydrogen-bond donors (Lipinski definition) is 0. The predicted octanol–water partition coefficient (Wildman–Crippen LogP) is 5.25. The lowest BCUT2D eigenvalue weighted by Gasteiger charge is -2.18. The second-order valence-corrected chi connectivity index (χ2v) is 8.24. The molecule has 6 heteroatoms. The number of benzene rings is 2. The molecule has 0 bridgehead atoms. The van der Waals surface area contributed by atoms with Gasteiger partial charge in [0.05, 0.1) is 16.5 Å². The fourth-order valence-electron chi connectivity index (χ4n) is 3.32. The molecule has 0 aliphatic heterocycles. The van der Waals surface area contributed by atoms with Crippen LogP contribution in [0.25, 0.3) is 16.3 Å². The lowest BCUT2D eigenvalue weighted by atomic mass is 10.1. The first kappa shape index (κ1) is 20.0. The normalized spacial score (nSPS) is 11.4. The molecule has 4 rings (SSSR count). The molecule has 0 saturated heterocycles. The summed E-state index contributed by atoms with van der Waals surface area (Å²) >= 11 is 1.59. The van der Waals surface area contributed by atoms with Crippen LogP contribution in [0.4, 0.5) is 5.13 Å². The molecule has 0 unspecified atom stereocenters. The van der Waals surface area contributed by atoms with Gasteiger partial charge in [-0.25, -0.2) is 9.97 Å². The van der Waals surface area contributed by atoms with E-state index in [4.69, 9.17) is 4.98 Å². The molecule has 0 aliphatic rings. The van der Waals surface area contributed by atoms with Crippen molar-refractivity contribution in [2.75, 3.05) is 11.4 Å². The van der Waals surface area contributed by atoms with Crippen molar-refractivity contribution < 1.29 is 4.79 Å². The van der Waals surface area contributed by atoms with E-state index in [1.54, 1.807) is 34.8 Å². The molecular weight excluding hydrogens is 392 g/mol. The van der Waals surface area contributed by atoms with Gasteiger partial charge < -0.3 is 4.57 Å². The van der Waals surface area contributed by atoms with E-state index in [-0.39, 0.29) is 5.91 Å². The molecule has 2 aromatic heterocycles. The number of carbonyl (C=O) groups is 1. The highest BCUT2D eigenvalue weighted by Crippen LogP contribution is 2.33. The van der Waals surface area contributed by atoms with Crippen LogP contribution in [0.1, 0.15) is 23.1 Å². The average Bonchev–Trinajstić information content (AvgIpc) is 3.44. The minimum absolute atomic E-state index is 0.0566. The Morgan fingerprint density at radius 1 is 1.13 bits per heavy atom. The smallest absolute Gasteiger partial charge is 0.252 e. The van der Waals surface area contributed by atoms with Crippen molar-refractivity contribution in [3.63, 3.8) is 0 Å². The number of fused-ring (bicyclic) bond motifs is 1. The molecule has 2 aromatic carbocycles. The first-order valence-corrected chi connectivity index (χ1v) is 10.8. The molecule has 152 valence electrons. The second-order valence-electron chi connectivity index (χ2n) is 7.26. The van der Waals surface area contributed by atoms with Crippen LogP contribution in [-0.2, 0) is 11.3 Å².